The number of nitrogens with zero attached hydrogens (tertiary/aromatic N) is 2. The zero-order valence-corrected chi connectivity index (χ0v) is 33.0. The maximum Gasteiger partial charge on any atom is 0.0559 e. The van der Waals surface area contributed by atoms with E-state index >= 15 is 0 Å². The molecule has 0 bridgehead atoms. The third kappa shape index (κ3) is 6.04. The van der Waals surface area contributed by atoms with Crippen molar-refractivity contribution in [2.75, 3.05) is 4.90 Å². The zero-order valence-electron chi connectivity index (χ0n) is 33.0. The summed E-state index contributed by atoms with van der Waals surface area (Å²) in [5.74, 6) is 0. The van der Waals surface area contributed by atoms with Crippen molar-refractivity contribution in [2.24, 2.45) is 0 Å². The highest BCUT2D eigenvalue weighted by Crippen LogP contribution is 2.44. The molecule has 0 N–H and O–H groups in total. The Morgan fingerprint density at radius 2 is 0.966 bits per heavy atom. The summed E-state index contributed by atoms with van der Waals surface area (Å²) in [7, 11) is 0. The minimum absolute atomic E-state index is 0.201. The Kier molecular flexibility index (Phi) is 8.56. The summed E-state index contributed by atoms with van der Waals surface area (Å²) in [6.45, 7) is 2.16. The van der Waals surface area contributed by atoms with Crippen LogP contribution in [0.2, 0.25) is 0 Å². The summed E-state index contributed by atoms with van der Waals surface area (Å²) in [5, 5.41) is 7.61. The van der Waals surface area contributed by atoms with Crippen molar-refractivity contribution in [3.8, 4) is 39.1 Å². The van der Waals surface area contributed by atoms with Gasteiger partial charge in [0.05, 0.1) is 17.1 Å². The lowest BCUT2D eigenvalue weighted by Gasteiger charge is -2.33. The Balaban J connectivity index is 0.978. The summed E-state index contributed by atoms with van der Waals surface area (Å²) in [6, 6.07) is 71.6. The molecular formula is C57H42N2. The van der Waals surface area contributed by atoms with E-state index in [0.29, 0.717) is 0 Å². The second kappa shape index (κ2) is 14.5. The maximum atomic E-state index is 2.49. The van der Waals surface area contributed by atoms with Gasteiger partial charge in [0.15, 0.2) is 0 Å². The molecule has 1 aliphatic rings. The van der Waals surface area contributed by atoms with Crippen LogP contribution in [0.3, 0.4) is 0 Å². The van der Waals surface area contributed by atoms with Crippen LogP contribution in [0.1, 0.15) is 12.0 Å². The van der Waals surface area contributed by atoms with E-state index in [1.54, 1.807) is 0 Å². The summed E-state index contributed by atoms with van der Waals surface area (Å²) < 4.78 is 2.39. The van der Waals surface area contributed by atoms with Crippen LogP contribution in [0, 0.1) is 6.92 Å². The number of aryl methyl sites for hydroxylation is 1. The van der Waals surface area contributed by atoms with Gasteiger partial charge in [0.25, 0.3) is 0 Å². The van der Waals surface area contributed by atoms with E-state index in [4.69, 9.17) is 0 Å². The van der Waals surface area contributed by atoms with Crippen molar-refractivity contribution in [1.82, 2.24) is 4.57 Å². The first-order valence-corrected chi connectivity index (χ1v) is 20.6. The lowest BCUT2D eigenvalue weighted by atomic mass is 9.86. The first-order valence-electron chi connectivity index (χ1n) is 20.6. The molecule has 0 amide bonds. The topological polar surface area (TPSA) is 8.17 Å². The lowest BCUT2D eigenvalue weighted by molar-refractivity contribution is 0.785. The van der Waals surface area contributed by atoms with Gasteiger partial charge in [-0.2, -0.15) is 0 Å². The number of hydrogen-bond acceptors (Lipinski definition) is 1. The quantitative estimate of drug-likeness (QED) is 0.147. The van der Waals surface area contributed by atoms with Crippen LogP contribution in [0.5, 0.6) is 0 Å². The maximum absolute atomic E-state index is 2.49. The van der Waals surface area contributed by atoms with Crippen molar-refractivity contribution in [3.63, 3.8) is 0 Å². The molecular weight excluding hydrogens is 713 g/mol. The Bertz CT molecular complexity index is 3180. The van der Waals surface area contributed by atoms with E-state index < -0.39 is 0 Å². The highest BCUT2D eigenvalue weighted by atomic mass is 15.2. The fraction of sp³-hybridized carbons (Fsp3) is 0.0526. The van der Waals surface area contributed by atoms with E-state index in [9.17, 15) is 0 Å². The zero-order chi connectivity index (χ0) is 39.3. The van der Waals surface area contributed by atoms with Crippen LogP contribution in [0.15, 0.2) is 218 Å². The number of rotatable bonds is 7. The normalized spacial score (nSPS) is 13.8. The van der Waals surface area contributed by atoms with E-state index in [-0.39, 0.29) is 6.04 Å². The van der Waals surface area contributed by atoms with Gasteiger partial charge in [-0.1, -0.05) is 164 Å². The monoisotopic (exact) mass is 754 g/mol. The van der Waals surface area contributed by atoms with Crippen molar-refractivity contribution < 1.29 is 0 Å². The smallest absolute Gasteiger partial charge is 0.0559 e. The average molecular weight is 755 g/mol. The summed E-state index contributed by atoms with van der Waals surface area (Å²) in [5.41, 5.74) is 14.7. The number of hydrogen-bond donors (Lipinski definition) is 0. The van der Waals surface area contributed by atoms with Gasteiger partial charge >= 0.3 is 0 Å². The van der Waals surface area contributed by atoms with Gasteiger partial charge in [-0.3, -0.25) is 0 Å². The molecule has 0 spiro atoms. The van der Waals surface area contributed by atoms with Gasteiger partial charge in [-0.15, -0.1) is 0 Å². The minimum Gasteiger partial charge on any atom is -0.334 e. The van der Waals surface area contributed by atoms with Gasteiger partial charge in [0.1, 0.15) is 0 Å². The molecule has 0 radical (unpaired) electrons. The Morgan fingerprint density at radius 1 is 0.424 bits per heavy atom. The van der Waals surface area contributed by atoms with Crippen molar-refractivity contribution >= 4 is 54.7 Å². The van der Waals surface area contributed by atoms with Crippen LogP contribution in [-0.4, -0.2) is 10.6 Å². The molecule has 0 saturated heterocycles. The molecule has 2 nitrogen and oxygen atoms in total. The first kappa shape index (κ1) is 34.8. The van der Waals surface area contributed by atoms with Crippen LogP contribution < -0.4 is 4.90 Å². The minimum atomic E-state index is 0.201. The summed E-state index contributed by atoms with van der Waals surface area (Å²) in [6.07, 6.45) is 9.87. The molecule has 1 aliphatic carbocycles. The third-order valence-electron chi connectivity index (χ3n) is 12.1. The highest BCUT2D eigenvalue weighted by Gasteiger charge is 2.21. The molecule has 0 aliphatic heterocycles. The number of aromatic nitrogens is 1. The van der Waals surface area contributed by atoms with Crippen LogP contribution in [0.25, 0.3) is 82.4 Å². The predicted molar refractivity (Wildman–Crippen MR) is 252 cm³/mol. The molecule has 0 saturated carbocycles. The van der Waals surface area contributed by atoms with Crippen molar-refractivity contribution in [2.45, 2.75) is 19.4 Å². The second-order valence-corrected chi connectivity index (χ2v) is 15.7. The SMILES string of the molecule is Cc1cccc(-n2c3ccccc3c3cc(-c4ccc(N(c5ccc(-c6c7ccccc7c(-c7ccccc7)c7ccccc67)cc5)C5C=CC=CC5)cc4)ccc32)c1. The summed E-state index contributed by atoms with van der Waals surface area (Å²) >= 11 is 0. The number of para-hydroxylation sites is 1. The second-order valence-electron chi connectivity index (χ2n) is 15.7. The van der Waals surface area contributed by atoms with E-state index in [0.717, 1.165) is 6.42 Å². The molecule has 1 heterocycles. The average Bonchev–Trinajstić information content (AvgIpc) is 3.63. The molecule has 0 fully saturated rings. The van der Waals surface area contributed by atoms with Gasteiger partial charge in [-0.25, -0.2) is 0 Å². The molecule has 2 heteroatoms. The Hall–Kier alpha value is -7.42. The molecule has 1 unspecified atom stereocenters. The molecule has 1 aromatic heterocycles. The summed E-state index contributed by atoms with van der Waals surface area (Å²) in [4.78, 5) is 2.49. The predicted octanol–water partition coefficient (Wildman–Crippen LogP) is 15.4. The van der Waals surface area contributed by atoms with Crippen LogP contribution in [0.4, 0.5) is 11.4 Å². The Labute approximate surface area is 345 Å². The van der Waals surface area contributed by atoms with Crippen molar-refractivity contribution in [3.05, 3.63) is 224 Å². The standard InChI is InChI=1S/C57H42N2/c1-39-15-14-20-47(37-39)59-54-26-13-12-21-48(54)53-38-43(31-36-55(53)59)40-27-32-45(33-28-40)58(44-18-6-3-7-19-44)46-34-29-42(30-35-46)57-51-24-10-8-22-49(51)56(41-16-4-2-5-17-41)50-23-9-11-25-52(50)57/h2-18,20-38,44H,19H2,1H3. The molecule has 10 aromatic rings. The van der Waals surface area contributed by atoms with Gasteiger partial charge in [0, 0.05) is 27.8 Å². The number of fused-ring (bicyclic) bond motifs is 5. The fourth-order valence-electron chi connectivity index (χ4n) is 9.45. The van der Waals surface area contributed by atoms with Crippen molar-refractivity contribution in [1.29, 1.82) is 0 Å². The van der Waals surface area contributed by atoms with E-state index in [1.807, 2.05) is 0 Å². The first-order chi connectivity index (χ1) is 29.2. The lowest BCUT2D eigenvalue weighted by Crippen LogP contribution is -2.29. The van der Waals surface area contributed by atoms with E-state index in [1.165, 1.54) is 99.4 Å². The molecule has 11 rings (SSSR count). The van der Waals surface area contributed by atoms with Gasteiger partial charge < -0.3 is 9.47 Å². The number of anilines is 2. The van der Waals surface area contributed by atoms with Crippen LogP contribution in [-0.2, 0) is 0 Å². The Morgan fingerprint density at radius 3 is 1.58 bits per heavy atom. The number of allylic oxidation sites excluding steroid dienone is 2. The van der Waals surface area contributed by atoms with Gasteiger partial charge in [-0.05, 0) is 128 Å². The largest absolute Gasteiger partial charge is 0.334 e. The van der Waals surface area contributed by atoms with Crippen LogP contribution >= 0.6 is 0 Å². The third-order valence-corrected chi connectivity index (χ3v) is 12.1. The highest BCUT2D eigenvalue weighted by molar-refractivity contribution is 6.21. The van der Waals surface area contributed by atoms with E-state index in [2.05, 4.69) is 235 Å². The molecule has 59 heavy (non-hydrogen) atoms. The molecule has 1 atom stereocenters. The van der Waals surface area contributed by atoms with Gasteiger partial charge in [0.2, 0.25) is 0 Å². The number of benzene rings is 9. The molecule has 9 aromatic carbocycles. The fourth-order valence-corrected chi connectivity index (χ4v) is 9.45. The molecule has 280 valence electrons.